The Hall–Kier alpha value is -2.69. The number of thiophene rings is 1. The van der Waals surface area contributed by atoms with Crippen molar-refractivity contribution in [3.05, 3.63) is 80.5 Å². The lowest BCUT2D eigenvalue weighted by Crippen LogP contribution is -2.64. The van der Waals surface area contributed by atoms with Crippen LogP contribution in [0, 0.1) is 0 Å². The minimum atomic E-state index is -4.40. The van der Waals surface area contributed by atoms with Crippen LogP contribution in [-0.2, 0) is 6.18 Å². The second-order valence-corrected chi connectivity index (χ2v) is 10.8. The van der Waals surface area contributed by atoms with Crippen molar-refractivity contribution in [1.82, 2.24) is 14.7 Å². The average molecular weight is 578 g/mol. The van der Waals surface area contributed by atoms with Gasteiger partial charge < -0.3 is 9.80 Å². The number of benzene rings is 2. The van der Waals surface area contributed by atoms with Crippen molar-refractivity contribution in [3.63, 3.8) is 0 Å². The maximum atomic E-state index is 13.0. The molecule has 188 valence electrons. The van der Waals surface area contributed by atoms with E-state index in [1.165, 1.54) is 17.4 Å². The first-order valence-electron chi connectivity index (χ1n) is 11.5. The minimum Gasteiger partial charge on any atom is -0.335 e. The Morgan fingerprint density at radius 1 is 0.861 bits per heavy atom. The Kier molecular flexibility index (Phi) is 6.93. The van der Waals surface area contributed by atoms with Crippen LogP contribution < -0.4 is 0 Å². The van der Waals surface area contributed by atoms with E-state index in [-0.39, 0.29) is 17.9 Å². The van der Waals surface area contributed by atoms with Gasteiger partial charge in [0.05, 0.1) is 10.4 Å². The second-order valence-electron chi connectivity index (χ2n) is 8.98. The molecule has 0 saturated carbocycles. The van der Waals surface area contributed by atoms with Gasteiger partial charge in [-0.15, -0.1) is 11.3 Å². The Bertz CT molecular complexity index is 1260. The summed E-state index contributed by atoms with van der Waals surface area (Å²) in [5, 5.41) is 1.91. The van der Waals surface area contributed by atoms with Crippen LogP contribution in [0.2, 0.25) is 0 Å². The summed E-state index contributed by atoms with van der Waals surface area (Å²) in [6, 6.07) is 14.0. The van der Waals surface area contributed by atoms with Crippen molar-refractivity contribution in [3.8, 4) is 11.1 Å². The zero-order chi connectivity index (χ0) is 25.4. The highest BCUT2D eigenvalue weighted by Gasteiger charge is 2.37. The van der Waals surface area contributed by atoms with Crippen molar-refractivity contribution in [1.29, 1.82) is 0 Å². The topological polar surface area (TPSA) is 43.9 Å². The van der Waals surface area contributed by atoms with Gasteiger partial charge in [0.1, 0.15) is 0 Å². The molecule has 0 atom stereocenters. The van der Waals surface area contributed by atoms with Crippen LogP contribution in [-0.4, -0.2) is 71.8 Å². The minimum absolute atomic E-state index is 0.0596. The number of amides is 2. The first-order valence-corrected chi connectivity index (χ1v) is 13.2. The molecule has 2 aliphatic rings. The molecule has 0 radical (unpaired) electrons. The normalized spacial score (nSPS) is 17.2. The molecule has 0 N–H and O–H groups in total. The van der Waals surface area contributed by atoms with Crippen molar-refractivity contribution in [2.24, 2.45) is 0 Å². The molecule has 3 heterocycles. The highest BCUT2D eigenvalue weighted by atomic mass is 79.9. The van der Waals surface area contributed by atoms with Gasteiger partial charge in [-0.2, -0.15) is 13.2 Å². The van der Waals surface area contributed by atoms with Gasteiger partial charge >= 0.3 is 6.18 Å². The molecule has 0 unspecified atom stereocenters. The molecule has 0 aliphatic carbocycles. The van der Waals surface area contributed by atoms with Gasteiger partial charge in [0.2, 0.25) is 0 Å². The van der Waals surface area contributed by atoms with Gasteiger partial charge in [0.25, 0.3) is 11.8 Å². The van der Waals surface area contributed by atoms with Gasteiger partial charge in [-0.25, -0.2) is 0 Å². The molecule has 5 nitrogen and oxygen atoms in total. The number of hydrogen-bond acceptors (Lipinski definition) is 4. The highest BCUT2D eigenvalue weighted by Crippen LogP contribution is 2.32. The van der Waals surface area contributed by atoms with E-state index in [1.807, 2.05) is 16.3 Å². The van der Waals surface area contributed by atoms with E-state index in [9.17, 15) is 22.8 Å². The van der Waals surface area contributed by atoms with E-state index >= 15 is 0 Å². The Labute approximate surface area is 219 Å². The molecular weight excluding hydrogens is 555 g/mol. The Morgan fingerprint density at radius 3 is 2.17 bits per heavy atom. The summed E-state index contributed by atoms with van der Waals surface area (Å²) < 4.78 is 39.9. The quantitative estimate of drug-likeness (QED) is 0.412. The molecule has 2 fully saturated rings. The summed E-state index contributed by atoms with van der Waals surface area (Å²) in [7, 11) is 0. The monoisotopic (exact) mass is 577 g/mol. The molecular formula is C26H23BrF3N3O2S. The molecule has 3 aromatic rings. The van der Waals surface area contributed by atoms with Crippen LogP contribution in [0.25, 0.3) is 11.1 Å². The van der Waals surface area contributed by atoms with Crippen molar-refractivity contribution < 1.29 is 22.8 Å². The van der Waals surface area contributed by atoms with Gasteiger partial charge in [-0.3, -0.25) is 14.5 Å². The molecule has 2 aliphatic heterocycles. The largest absolute Gasteiger partial charge is 0.416 e. The summed E-state index contributed by atoms with van der Waals surface area (Å²) in [6.45, 7) is 4.12. The highest BCUT2D eigenvalue weighted by molar-refractivity contribution is 9.10. The van der Waals surface area contributed by atoms with E-state index in [1.54, 1.807) is 35.2 Å². The zero-order valence-electron chi connectivity index (χ0n) is 19.2. The van der Waals surface area contributed by atoms with Gasteiger partial charge in [-0.1, -0.05) is 24.3 Å². The number of hydrogen-bond donors (Lipinski definition) is 0. The van der Waals surface area contributed by atoms with E-state index in [4.69, 9.17) is 0 Å². The van der Waals surface area contributed by atoms with Gasteiger partial charge in [0, 0.05) is 60.7 Å². The van der Waals surface area contributed by atoms with Crippen LogP contribution >= 0.6 is 27.3 Å². The fourth-order valence-corrected chi connectivity index (χ4v) is 5.98. The van der Waals surface area contributed by atoms with Crippen LogP contribution in [0.1, 0.15) is 25.6 Å². The number of halogens is 4. The Balaban J connectivity index is 1.13. The lowest BCUT2D eigenvalue weighted by Gasteiger charge is -2.48. The summed E-state index contributed by atoms with van der Waals surface area (Å²) in [5.74, 6) is -0.0247. The second kappa shape index (κ2) is 9.99. The maximum Gasteiger partial charge on any atom is 0.416 e. The van der Waals surface area contributed by atoms with E-state index < -0.39 is 11.7 Å². The number of nitrogens with zero attached hydrogens (tertiary/aromatic N) is 3. The van der Waals surface area contributed by atoms with E-state index in [2.05, 4.69) is 20.8 Å². The predicted molar refractivity (Wildman–Crippen MR) is 136 cm³/mol. The fourth-order valence-electron chi connectivity index (χ4n) is 4.59. The first-order chi connectivity index (χ1) is 17.2. The SMILES string of the molecule is O=C(c1ccc(-c2cccc(C(F)(F)F)c2)cc1)N1CC(N2CCN(C(=O)c3cc(Br)cs3)CC2)C1. The molecule has 0 bridgehead atoms. The number of likely N-dealkylation sites (tertiary alicyclic amines) is 1. The summed E-state index contributed by atoms with van der Waals surface area (Å²) in [5.41, 5.74) is 0.900. The number of alkyl halides is 3. The van der Waals surface area contributed by atoms with Crippen molar-refractivity contribution in [2.45, 2.75) is 12.2 Å². The standard InChI is InChI=1S/C26H23BrF3N3O2S/c27-21-13-23(36-16-21)25(35)32-10-8-31(9-11-32)22-14-33(15-22)24(34)18-6-4-17(5-7-18)19-2-1-3-20(12-19)26(28,29)30/h1-7,12-13,16,22H,8-11,14-15H2. The van der Waals surface area contributed by atoms with Crippen molar-refractivity contribution >= 4 is 39.1 Å². The lowest BCUT2D eigenvalue weighted by molar-refractivity contribution is -0.137. The van der Waals surface area contributed by atoms with E-state index in [0.29, 0.717) is 42.9 Å². The number of carbonyl (C=O) groups excluding carboxylic acids is 2. The third kappa shape index (κ3) is 5.21. The number of piperazine rings is 1. The van der Waals surface area contributed by atoms with Gasteiger partial charge in [0.15, 0.2) is 0 Å². The zero-order valence-corrected chi connectivity index (χ0v) is 21.6. The maximum absolute atomic E-state index is 13.0. The molecule has 2 amide bonds. The fraction of sp³-hybridized carbons (Fsp3) is 0.308. The van der Waals surface area contributed by atoms with Crippen LogP contribution in [0.15, 0.2) is 64.5 Å². The summed E-state index contributed by atoms with van der Waals surface area (Å²) in [6.07, 6.45) is -4.40. The average Bonchev–Trinajstić information content (AvgIpc) is 3.29. The molecule has 36 heavy (non-hydrogen) atoms. The smallest absolute Gasteiger partial charge is 0.335 e. The molecule has 1 aromatic heterocycles. The van der Waals surface area contributed by atoms with Crippen molar-refractivity contribution in [2.75, 3.05) is 39.3 Å². The van der Waals surface area contributed by atoms with Gasteiger partial charge in [-0.05, 0) is 57.4 Å². The number of carbonyl (C=O) groups is 2. The third-order valence-electron chi connectivity index (χ3n) is 6.70. The van der Waals surface area contributed by atoms with Crippen LogP contribution in [0.5, 0.6) is 0 Å². The molecule has 0 spiro atoms. The number of rotatable bonds is 4. The van der Waals surface area contributed by atoms with E-state index in [0.717, 1.165) is 34.6 Å². The molecule has 2 saturated heterocycles. The van der Waals surface area contributed by atoms with Crippen LogP contribution in [0.4, 0.5) is 13.2 Å². The van der Waals surface area contributed by atoms with Crippen LogP contribution in [0.3, 0.4) is 0 Å². The Morgan fingerprint density at radius 2 is 1.56 bits per heavy atom. The summed E-state index contributed by atoms with van der Waals surface area (Å²) >= 11 is 4.82. The molecule has 10 heteroatoms. The summed E-state index contributed by atoms with van der Waals surface area (Å²) in [4.78, 5) is 32.3. The molecule has 2 aromatic carbocycles. The molecule has 5 rings (SSSR count). The lowest BCUT2D eigenvalue weighted by atomic mass is 10.00. The predicted octanol–water partition coefficient (Wildman–Crippen LogP) is 5.48. The third-order valence-corrected chi connectivity index (χ3v) is 8.38. The first kappa shape index (κ1) is 25.0.